The van der Waals surface area contributed by atoms with Crippen LogP contribution in [0.5, 0.6) is 0 Å². The molecule has 8 heavy (non-hydrogen) atoms. The maximum atomic E-state index is 2.36. The minimum absolute atomic E-state index is 1.20. The van der Waals surface area contributed by atoms with E-state index in [1.54, 1.807) is 6.42 Å². The van der Waals surface area contributed by atoms with Crippen LogP contribution in [0.2, 0.25) is 0 Å². The monoisotopic (exact) mass is 108 g/mol. The normalized spacial score (nSPS) is 72.4. The minimum atomic E-state index is 1.20. The molecule has 0 spiro atoms. The molecule has 0 heterocycles. The summed E-state index contributed by atoms with van der Waals surface area (Å²) < 4.78 is 0. The van der Waals surface area contributed by atoms with Gasteiger partial charge in [0, 0.05) is 0 Å². The highest BCUT2D eigenvalue weighted by atomic mass is 14.8. The van der Waals surface area contributed by atoms with E-state index in [1.807, 2.05) is 0 Å². The molecule has 3 aliphatic rings. The lowest BCUT2D eigenvalue weighted by Gasteiger charge is -2.35. The summed E-state index contributed by atoms with van der Waals surface area (Å²) in [6, 6.07) is 0. The van der Waals surface area contributed by atoms with Crippen LogP contribution < -0.4 is 0 Å². The van der Waals surface area contributed by atoms with Gasteiger partial charge >= 0.3 is 0 Å². The molecule has 44 valence electrons. The molecule has 0 aromatic heterocycles. The molecule has 0 radical (unpaired) electrons. The minimum Gasteiger partial charge on any atom is -0.0651 e. The first kappa shape index (κ1) is 3.92. The first-order valence-corrected chi connectivity index (χ1v) is 3.93. The molecule has 0 N–H and O–H groups in total. The van der Waals surface area contributed by atoms with Crippen molar-refractivity contribution in [1.82, 2.24) is 0 Å². The molecule has 0 nitrogen and oxygen atoms in total. The topological polar surface area (TPSA) is 0 Å². The first-order chi connectivity index (χ1) is 3.93. The summed E-state index contributed by atoms with van der Waals surface area (Å²) in [6.07, 6.45) is 3.09. The molecule has 5 atom stereocenters. The average molecular weight is 108 g/mol. The number of rotatable bonds is 1. The Balaban J connectivity index is 1.89. The van der Waals surface area contributed by atoms with Crippen LogP contribution >= 0.6 is 0 Å². The highest BCUT2D eigenvalue weighted by molar-refractivity contribution is 5.23. The van der Waals surface area contributed by atoms with E-state index in [4.69, 9.17) is 0 Å². The lowest BCUT2D eigenvalue weighted by molar-refractivity contribution is 0.127. The number of hydrogen-bond donors (Lipinski definition) is 0. The molecule has 0 heteroatoms. The summed E-state index contributed by atoms with van der Waals surface area (Å²) in [5.41, 5.74) is 0. The summed E-state index contributed by atoms with van der Waals surface area (Å²) in [6.45, 7) is 2.36. The summed E-state index contributed by atoms with van der Waals surface area (Å²) in [4.78, 5) is 0. The van der Waals surface area contributed by atoms with E-state index in [9.17, 15) is 0 Å². The van der Waals surface area contributed by atoms with Gasteiger partial charge in [0.25, 0.3) is 0 Å². The molecule has 3 fully saturated rings. The van der Waals surface area contributed by atoms with Crippen molar-refractivity contribution < 1.29 is 0 Å². The number of fused-ring (bicyclic) bond motifs is 1. The molecule has 3 saturated carbocycles. The first-order valence-electron chi connectivity index (χ1n) is 3.93. The van der Waals surface area contributed by atoms with Gasteiger partial charge in [-0.3, -0.25) is 0 Å². The summed E-state index contributed by atoms with van der Waals surface area (Å²) in [7, 11) is 0. The molecule has 0 bridgehead atoms. The van der Waals surface area contributed by atoms with Gasteiger partial charge in [-0.2, -0.15) is 0 Å². The van der Waals surface area contributed by atoms with E-state index < -0.39 is 0 Å². The highest BCUT2D eigenvalue weighted by Gasteiger charge is 2.76. The van der Waals surface area contributed by atoms with Crippen molar-refractivity contribution in [2.75, 3.05) is 0 Å². The van der Waals surface area contributed by atoms with Crippen LogP contribution in [0.3, 0.4) is 0 Å². The van der Waals surface area contributed by atoms with Crippen LogP contribution in [0, 0.1) is 29.6 Å². The van der Waals surface area contributed by atoms with Gasteiger partial charge < -0.3 is 0 Å². The van der Waals surface area contributed by atoms with E-state index in [0.29, 0.717) is 0 Å². The van der Waals surface area contributed by atoms with Gasteiger partial charge in [-0.05, 0) is 36.0 Å². The van der Waals surface area contributed by atoms with Crippen LogP contribution in [0.15, 0.2) is 0 Å². The van der Waals surface area contributed by atoms with Gasteiger partial charge in [0.05, 0.1) is 0 Å². The fourth-order valence-corrected chi connectivity index (χ4v) is 3.40. The van der Waals surface area contributed by atoms with Crippen LogP contribution in [0.4, 0.5) is 0 Å². The third-order valence-corrected chi connectivity index (χ3v) is 3.85. The van der Waals surface area contributed by atoms with Gasteiger partial charge in [0.15, 0.2) is 0 Å². The van der Waals surface area contributed by atoms with Gasteiger partial charge in [-0.25, -0.2) is 0 Å². The lowest BCUT2D eigenvalue weighted by atomic mass is 9.69. The Morgan fingerprint density at radius 3 is 2.38 bits per heavy atom. The van der Waals surface area contributed by atoms with E-state index in [-0.39, 0.29) is 0 Å². The van der Waals surface area contributed by atoms with Gasteiger partial charge in [0.2, 0.25) is 0 Å². The van der Waals surface area contributed by atoms with E-state index in [0.717, 1.165) is 0 Å². The second-order valence-electron chi connectivity index (χ2n) is 3.79. The van der Waals surface area contributed by atoms with Crippen LogP contribution in [-0.4, -0.2) is 0 Å². The second kappa shape index (κ2) is 0.872. The van der Waals surface area contributed by atoms with Crippen molar-refractivity contribution in [2.45, 2.75) is 19.8 Å². The Hall–Kier alpha value is 0. The van der Waals surface area contributed by atoms with Crippen molar-refractivity contribution in [3.05, 3.63) is 0 Å². The Labute approximate surface area is 50.3 Å². The van der Waals surface area contributed by atoms with Crippen molar-refractivity contribution in [3.8, 4) is 0 Å². The summed E-state index contributed by atoms with van der Waals surface area (Å²) in [5.74, 6) is 6.22. The molecule has 0 amide bonds. The van der Waals surface area contributed by atoms with E-state index >= 15 is 0 Å². The van der Waals surface area contributed by atoms with Gasteiger partial charge in [-0.15, -0.1) is 0 Å². The largest absolute Gasteiger partial charge is 0.0651 e. The zero-order chi connectivity index (χ0) is 5.30. The van der Waals surface area contributed by atoms with Gasteiger partial charge in [0.1, 0.15) is 0 Å². The van der Waals surface area contributed by atoms with Gasteiger partial charge in [-0.1, -0.05) is 13.3 Å². The Morgan fingerprint density at radius 2 is 2.12 bits per heavy atom. The summed E-state index contributed by atoms with van der Waals surface area (Å²) in [5, 5.41) is 0. The molecule has 0 aliphatic heterocycles. The van der Waals surface area contributed by atoms with Crippen molar-refractivity contribution in [1.29, 1.82) is 0 Å². The highest BCUT2D eigenvalue weighted by Crippen LogP contribution is 2.81. The molecule has 5 unspecified atom stereocenters. The zero-order valence-electron chi connectivity index (χ0n) is 5.30. The Kier molecular flexibility index (Phi) is 0.427. The predicted octanol–water partition coefficient (Wildman–Crippen LogP) is 1.91. The predicted molar refractivity (Wildman–Crippen MR) is 32.4 cm³/mol. The molecular formula is C8H12. The summed E-state index contributed by atoms with van der Waals surface area (Å²) >= 11 is 0. The Bertz CT molecular complexity index is 127. The van der Waals surface area contributed by atoms with Crippen LogP contribution in [-0.2, 0) is 0 Å². The Morgan fingerprint density at radius 1 is 1.25 bits per heavy atom. The van der Waals surface area contributed by atoms with Crippen molar-refractivity contribution in [3.63, 3.8) is 0 Å². The quantitative estimate of drug-likeness (QED) is 0.481. The molecule has 3 rings (SSSR count). The maximum absolute atomic E-state index is 2.36. The molecule has 0 aromatic rings. The second-order valence-corrected chi connectivity index (χ2v) is 3.79. The van der Waals surface area contributed by atoms with Crippen LogP contribution in [0.25, 0.3) is 0 Å². The maximum Gasteiger partial charge on any atom is -0.0318 e. The lowest BCUT2D eigenvalue weighted by Crippen LogP contribution is -2.29. The molecule has 3 aliphatic carbocycles. The SMILES string of the molecule is CCC1C2CC3C1C23. The molecule has 0 saturated heterocycles. The fourth-order valence-electron chi connectivity index (χ4n) is 3.40. The van der Waals surface area contributed by atoms with Crippen molar-refractivity contribution >= 4 is 0 Å². The molecular weight excluding hydrogens is 96.1 g/mol. The zero-order valence-corrected chi connectivity index (χ0v) is 5.30. The fraction of sp³-hybridized carbons (Fsp3) is 1.00. The third kappa shape index (κ3) is 0.191. The van der Waals surface area contributed by atoms with E-state index in [2.05, 4.69) is 6.92 Å². The number of hydrogen-bond acceptors (Lipinski definition) is 0. The van der Waals surface area contributed by atoms with Crippen LogP contribution in [0.1, 0.15) is 19.8 Å². The smallest absolute Gasteiger partial charge is 0.0318 e. The van der Waals surface area contributed by atoms with Crippen molar-refractivity contribution in [2.24, 2.45) is 29.6 Å². The molecule has 0 aromatic carbocycles. The van der Waals surface area contributed by atoms with E-state index in [1.165, 1.54) is 36.0 Å². The average Bonchev–Trinajstić information content (AvgIpc) is 2.19. The third-order valence-electron chi connectivity index (χ3n) is 3.85. The standard InChI is InChI=1S/C8H12/c1-2-4-5-3-6-7(4)8(5)6/h4-8H,2-3H2,1H3.